The van der Waals surface area contributed by atoms with Crippen LogP contribution in [0.3, 0.4) is 0 Å². The summed E-state index contributed by atoms with van der Waals surface area (Å²) in [4.78, 5) is 29.2. The highest BCUT2D eigenvalue weighted by atomic mass is 32.2. The van der Waals surface area contributed by atoms with Gasteiger partial charge in [0.1, 0.15) is 23.4 Å². The maximum absolute atomic E-state index is 13.9. The standard InChI is InChI=1S/C36H38FN3O7S/c1-45-30-15-9-27(10-16-30)24-40(34(22-26-6-3-2-4-7-26)36(42)38-23-32-8-5-21-46-32)35(41)25-47-31-17-19-33(20-18-31)48(43,44)39-29-13-11-28(37)12-14-29/h2-4,6-7,9-20,32,34,39H,5,8,21-25H2,1H3,(H,38,42)/t32-,34-/m1/s1. The van der Waals surface area contributed by atoms with Crippen molar-refractivity contribution in [2.75, 3.05) is 31.6 Å². The summed E-state index contributed by atoms with van der Waals surface area (Å²) in [5.41, 5.74) is 1.88. The minimum Gasteiger partial charge on any atom is -0.497 e. The molecule has 1 saturated heterocycles. The van der Waals surface area contributed by atoms with Crippen LogP contribution in [0.2, 0.25) is 0 Å². The van der Waals surface area contributed by atoms with Crippen molar-refractivity contribution in [2.45, 2.75) is 42.8 Å². The van der Waals surface area contributed by atoms with Crippen LogP contribution in [-0.4, -0.2) is 64.1 Å². The highest BCUT2D eigenvalue weighted by Gasteiger charge is 2.31. The van der Waals surface area contributed by atoms with E-state index in [1.807, 2.05) is 42.5 Å². The first-order valence-corrected chi connectivity index (χ1v) is 17.1. The Balaban J connectivity index is 1.33. The minimum atomic E-state index is -3.96. The molecule has 5 rings (SSSR count). The van der Waals surface area contributed by atoms with Gasteiger partial charge in [-0.15, -0.1) is 0 Å². The molecule has 1 aliphatic rings. The van der Waals surface area contributed by atoms with Gasteiger partial charge in [-0.05, 0) is 84.6 Å². The van der Waals surface area contributed by atoms with Gasteiger partial charge in [0.15, 0.2) is 6.61 Å². The predicted octanol–water partition coefficient (Wildman–Crippen LogP) is 4.95. The number of hydrogen-bond acceptors (Lipinski definition) is 7. The molecular formula is C36H38FN3O7S. The maximum atomic E-state index is 13.9. The Hall–Kier alpha value is -4.94. The lowest BCUT2D eigenvalue weighted by Crippen LogP contribution is -2.52. The molecule has 2 N–H and O–H groups in total. The van der Waals surface area contributed by atoms with Crippen LogP contribution in [0.5, 0.6) is 11.5 Å². The molecule has 0 aromatic heterocycles. The number of halogens is 1. The van der Waals surface area contributed by atoms with Gasteiger partial charge in [-0.3, -0.25) is 14.3 Å². The molecule has 2 atom stereocenters. The Labute approximate surface area is 279 Å². The third-order valence-electron chi connectivity index (χ3n) is 7.90. The monoisotopic (exact) mass is 675 g/mol. The first-order valence-electron chi connectivity index (χ1n) is 15.6. The molecule has 2 amide bonds. The van der Waals surface area contributed by atoms with Gasteiger partial charge in [0, 0.05) is 31.8 Å². The molecule has 4 aromatic carbocycles. The summed E-state index contributed by atoms with van der Waals surface area (Å²) in [5, 5.41) is 3.00. The Morgan fingerprint density at radius 1 is 0.917 bits per heavy atom. The predicted molar refractivity (Wildman–Crippen MR) is 179 cm³/mol. The van der Waals surface area contributed by atoms with Crippen molar-refractivity contribution in [3.8, 4) is 11.5 Å². The number of sulfonamides is 1. The fraction of sp³-hybridized carbons (Fsp3) is 0.278. The first kappa shape index (κ1) is 34.4. The van der Waals surface area contributed by atoms with Crippen LogP contribution in [0.4, 0.5) is 10.1 Å². The van der Waals surface area contributed by atoms with Gasteiger partial charge >= 0.3 is 0 Å². The highest BCUT2D eigenvalue weighted by Crippen LogP contribution is 2.22. The molecule has 48 heavy (non-hydrogen) atoms. The summed E-state index contributed by atoms with van der Waals surface area (Å²) < 4.78 is 58.1. The van der Waals surface area contributed by atoms with E-state index in [1.165, 1.54) is 41.3 Å². The molecule has 4 aromatic rings. The molecule has 0 unspecified atom stereocenters. The van der Waals surface area contributed by atoms with E-state index in [-0.39, 0.29) is 41.3 Å². The Bertz CT molecular complexity index is 1750. The second kappa shape index (κ2) is 16.2. The summed E-state index contributed by atoms with van der Waals surface area (Å²) in [6.45, 7) is 0.727. The molecule has 1 fully saturated rings. The zero-order valence-electron chi connectivity index (χ0n) is 26.5. The SMILES string of the molecule is COc1ccc(CN(C(=O)COc2ccc(S(=O)(=O)Nc3ccc(F)cc3)cc2)[C@H](Cc2ccccc2)C(=O)NC[C@H]2CCCO2)cc1. The Kier molecular flexibility index (Phi) is 11.6. The molecule has 1 aliphatic heterocycles. The fourth-order valence-electron chi connectivity index (χ4n) is 5.29. The van der Waals surface area contributed by atoms with E-state index in [0.717, 1.165) is 36.1 Å². The second-order valence-electron chi connectivity index (χ2n) is 11.3. The summed E-state index contributed by atoms with van der Waals surface area (Å²) in [5.74, 6) is -0.306. The molecule has 1 heterocycles. The third kappa shape index (κ3) is 9.55. The van der Waals surface area contributed by atoms with Crippen molar-refractivity contribution in [3.63, 3.8) is 0 Å². The van der Waals surface area contributed by atoms with Crippen LogP contribution in [0.1, 0.15) is 24.0 Å². The van der Waals surface area contributed by atoms with Gasteiger partial charge < -0.3 is 24.4 Å². The van der Waals surface area contributed by atoms with Crippen molar-refractivity contribution < 1.29 is 36.6 Å². The zero-order valence-corrected chi connectivity index (χ0v) is 27.3. The van der Waals surface area contributed by atoms with Crippen LogP contribution in [-0.2, 0) is 37.3 Å². The van der Waals surface area contributed by atoms with Crippen LogP contribution >= 0.6 is 0 Å². The Morgan fingerprint density at radius 3 is 2.25 bits per heavy atom. The summed E-state index contributed by atoms with van der Waals surface area (Å²) in [7, 11) is -2.39. The van der Waals surface area contributed by atoms with Gasteiger partial charge in [0.2, 0.25) is 5.91 Å². The molecule has 0 radical (unpaired) electrons. The molecule has 0 bridgehead atoms. The van der Waals surface area contributed by atoms with Crippen molar-refractivity contribution in [1.82, 2.24) is 10.2 Å². The Morgan fingerprint density at radius 2 is 1.60 bits per heavy atom. The smallest absolute Gasteiger partial charge is 0.261 e. The van der Waals surface area contributed by atoms with E-state index in [9.17, 15) is 22.4 Å². The number of carbonyl (C=O) groups is 2. The number of rotatable bonds is 15. The molecule has 0 saturated carbocycles. The van der Waals surface area contributed by atoms with Crippen LogP contribution in [0.15, 0.2) is 108 Å². The van der Waals surface area contributed by atoms with E-state index >= 15 is 0 Å². The molecule has 252 valence electrons. The molecular weight excluding hydrogens is 637 g/mol. The topological polar surface area (TPSA) is 123 Å². The van der Waals surface area contributed by atoms with Crippen molar-refractivity contribution >= 4 is 27.5 Å². The largest absolute Gasteiger partial charge is 0.497 e. The fourth-order valence-corrected chi connectivity index (χ4v) is 6.35. The van der Waals surface area contributed by atoms with Crippen molar-refractivity contribution in [3.05, 3.63) is 120 Å². The van der Waals surface area contributed by atoms with Crippen LogP contribution < -0.4 is 19.5 Å². The number of benzene rings is 4. The summed E-state index contributed by atoms with van der Waals surface area (Å²) in [6.07, 6.45) is 1.99. The average molecular weight is 676 g/mol. The molecule has 0 aliphatic carbocycles. The molecule has 0 spiro atoms. The molecule has 12 heteroatoms. The number of methoxy groups -OCH3 is 1. The number of carbonyl (C=O) groups excluding carboxylic acids is 2. The van der Waals surface area contributed by atoms with E-state index in [2.05, 4.69) is 10.0 Å². The van der Waals surface area contributed by atoms with Gasteiger partial charge in [-0.1, -0.05) is 42.5 Å². The van der Waals surface area contributed by atoms with Crippen LogP contribution in [0, 0.1) is 5.82 Å². The number of amides is 2. The lowest BCUT2D eigenvalue weighted by Gasteiger charge is -2.32. The van der Waals surface area contributed by atoms with Gasteiger partial charge in [-0.25, -0.2) is 12.8 Å². The van der Waals surface area contributed by atoms with Crippen molar-refractivity contribution in [2.24, 2.45) is 0 Å². The number of nitrogens with zero attached hydrogens (tertiary/aromatic N) is 1. The van der Waals surface area contributed by atoms with Gasteiger partial charge in [-0.2, -0.15) is 0 Å². The first-order chi connectivity index (χ1) is 23.2. The van der Waals surface area contributed by atoms with E-state index in [1.54, 1.807) is 19.2 Å². The van der Waals surface area contributed by atoms with Crippen molar-refractivity contribution in [1.29, 1.82) is 0 Å². The number of ether oxygens (including phenoxy) is 3. The molecule has 10 nitrogen and oxygen atoms in total. The number of hydrogen-bond donors (Lipinski definition) is 2. The quantitative estimate of drug-likeness (QED) is 0.183. The summed E-state index contributed by atoms with van der Waals surface area (Å²) in [6, 6.07) is 26.4. The highest BCUT2D eigenvalue weighted by molar-refractivity contribution is 7.92. The second-order valence-corrected chi connectivity index (χ2v) is 13.0. The average Bonchev–Trinajstić information content (AvgIpc) is 3.63. The zero-order chi connectivity index (χ0) is 33.9. The van der Waals surface area contributed by atoms with E-state index in [0.29, 0.717) is 18.9 Å². The van der Waals surface area contributed by atoms with Crippen LogP contribution in [0.25, 0.3) is 0 Å². The van der Waals surface area contributed by atoms with Gasteiger partial charge in [0.05, 0.1) is 18.1 Å². The number of anilines is 1. The lowest BCUT2D eigenvalue weighted by molar-refractivity contribution is -0.143. The lowest BCUT2D eigenvalue weighted by atomic mass is 10.0. The maximum Gasteiger partial charge on any atom is 0.261 e. The van der Waals surface area contributed by atoms with E-state index in [4.69, 9.17) is 14.2 Å². The third-order valence-corrected chi connectivity index (χ3v) is 9.30. The summed E-state index contributed by atoms with van der Waals surface area (Å²) >= 11 is 0. The van der Waals surface area contributed by atoms with E-state index < -0.39 is 34.4 Å². The van der Waals surface area contributed by atoms with Gasteiger partial charge in [0.25, 0.3) is 15.9 Å². The number of nitrogens with one attached hydrogen (secondary N) is 2. The minimum absolute atomic E-state index is 0.0440. The normalized spacial score (nSPS) is 14.9.